The van der Waals surface area contributed by atoms with E-state index >= 15 is 0 Å². The van der Waals surface area contributed by atoms with E-state index in [2.05, 4.69) is 9.97 Å². The Morgan fingerprint density at radius 3 is 2.56 bits per heavy atom. The molecular formula is C17H24N4O4. The normalized spacial score (nSPS) is 16.2. The maximum absolute atomic E-state index is 12.4. The summed E-state index contributed by atoms with van der Waals surface area (Å²) in [7, 11) is 1.54. The van der Waals surface area contributed by atoms with Gasteiger partial charge in [-0.1, -0.05) is 0 Å². The largest absolute Gasteiger partial charge is 0.481 e. The van der Waals surface area contributed by atoms with Crippen LogP contribution in [0.1, 0.15) is 39.7 Å². The maximum atomic E-state index is 12.4. The lowest BCUT2D eigenvalue weighted by atomic mass is 10.1. The molecule has 136 valence electrons. The Kier molecular flexibility index (Phi) is 4.45. The molecule has 1 amide bonds. The molecule has 1 N–H and O–H groups in total. The lowest BCUT2D eigenvalue weighted by molar-refractivity contribution is 0.0189. The number of piperidine rings is 1. The lowest BCUT2D eigenvalue weighted by Crippen LogP contribution is -2.43. The van der Waals surface area contributed by atoms with E-state index in [0.717, 1.165) is 5.52 Å². The quantitative estimate of drug-likeness (QED) is 0.899. The fraction of sp³-hybridized carbons (Fsp3) is 0.588. The van der Waals surface area contributed by atoms with Crippen molar-refractivity contribution in [1.82, 2.24) is 19.4 Å². The molecule has 0 spiro atoms. The topological polar surface area (TPSA) is 89.5 Å². The molecule has 0 unspecified atom stereocenters. The van der Waals surface area contributed by atoms with Gasteiger partial charge in [-0.15, -0.1) is 0 Å². The van der Waals surface area contributed by atoms with Gasteiger partial charge < -0.3 is 14.4 Å². The first-order chi connectivity index (χ1) is 11.8. The predicted molar refractivity (Wildman–Crippen MR) is 93.0 cm³/mol. The minimum Gasteiger partial charge on any atom is -0.481 e. The number of pyridine rings is 1. The number of ether oxygens (including phenoxy) is 2. The molecule has 8 nitrogen and oxygen atoms in total. The molecule has 3 heterocycles. The molecular weight excluding hydrogens is 324 g/mol. The first-order valence-corrected chi connectivity index (χ1v) is 8.41. The highest BCUT2D eigenvalue weighted by molar-refractivity contribution is 5.72. The van der Waals surface area contributed by atoms with Gasteiger partial charge in [-0.2, -0.15) is 4.98 Å². The fourth-order valence-corrected chi connectivity index (χ4v) is 3.10. The van der Waals surface area contributed by atoms with Crippen LogP contribution in [0.3, 0.4) is 0 Å². The van der Waals surface area contributed by atoms with Crippen molar-refractivity contribution < 1.29 is 14.3 Å². The number of imidazole rings is 1. The number of fused-ring (bicyclic) bond motifs is 1. The number of aromatic nitrogens is 3. The Morgan fingerprint density at radius 2 is 1.96 bits per heavy atom. The minimum absolute atomic E-state index is 0.0233. The number of carbonyl (C=O) groups is 1. The number of amides is 1. The van der Waals surface area contributed by atoms with E-state index < -0.39 is 5.60 Å². The summed E-state index contributed by atoms with van der Waals surface area (Å²) in [4.78, 5) is 33.3. The number of hydrogen-bond donors (Lipinski definition) is 1. The van der Waals surface area contributed by atoms with E-state index in [1.54, 1.807) is 15.5 Å². The number of likely N-dealkylation sites (tertiary alicyclic amines) is 1. The van der Waals surface area contributed by atoms with Gasteiger partial charge in [-0.3, -0.25) is 9.55 Å². The molecule has 8 heteroatoms. The number of carbonyl (C=O) groups excluding carboxylic acids is 1. The molecule has 1 aliphatic heterocycles. The van der Waals surface area contributed by atoms with Crippen molar-refractivity contribution in [3.05, 3.63) is 22.6 Å². The number of rotatable bonds is 2. The van der Waals surface area contributed by atoms with E-state index in [9.17, 15) is 9.59 Å². The molecule has 0 saturated carbocycles. The number of hydrogen-bond acceptors (Lipinski definition) is 5. The van der Waals surface area contributed by atoms with Gasteiger partial charge in [-0.25, -0.2) is 9.59 Å². The Labute approximate surface area is 145 Å². The average molecular weight is 348 g/mol. The third-order valence-electron chi connectivity index (χ3n) is 4.24. The van der Waals surface area contributed by atoms with Crippen LogP contribution in [0.2, 0.25) is 0 Å². The monoisotopic (exact) mass is 348 g/mol. The van der Waals surface area contributed by atoms with Gasteiger partial charge in [0.05, 0.1) is 12.6 Å². The molecule has 25 heavy (non-hydrogen) atoms. The van der Waals surface area contributed by atoms with Crippen molar-refractivity contribution in [3.63, 3.8) is 0 Å². The Balaban J connectivity index is 1.75. The van der Waals surface area contributed by atoms with E-state index in [1.165, 1.54) is 7.11 Å². The summed E-state index contributed by atoms with van der Waals surface area (Å²) >= 11 is 0. The van der Waals surface area contributed by atoms with E-state index in [1.807, 2.05) is 26.8 Å². The zero-order valence-corrected chi connectivity index (χ0v) is 15.0. The second-order valence-corrected chi connectivity index (χ2v) is 7.22. The minimum atomic E-state index is -0.508. The number of methoxy groups -OCH3 is 1. The van der Waals surface area contributed by atoms with Crippen molar-refractivity contribution in [2.75, 3.05) is 20.2 Å². The molecule has 2 aromatic rings. The molecule has 3 rings (SSSR count). The van der Waals surface area contributed by atoms with Crippen molar-refractivity contribution in [2.24, 2.45) is 0 Å². The SMILES string of the molecule is COc1ccc2c(n1)[nH]c(=O)n2C1CCN(C(=O)OC(C)(C)C)CC1. The third kappa shape index (κ3) is 3.62. The van der Waals surface area contributed by atoms with E-state index in [4.69, 9.17) is 9.47 Å². The number of nitrogens with one attached hydrogen (secondary N) is 1. The van der Waals surface area contributed by atoms with Crippen LogP contribution in [-0.4, -0.2) is 51.3 Å². The van der Waals surface area contributed by atoms with Crippen molar-refractivity contribution in [2.45, 2.75) is 45.3 Å². The smallest absolute Gasteiger partial charge is 0.410 e. The highest BCUT2D eigenvalue weighted by atomic mass is 16.6. The molecule has 0 aromatic carbocycles. The average Bonchev–Trinajstić information content (AvgIpc) is 2.88. The number of aromatic amines is 1. The van der Waals surface area contributed by atoms with Crippen molar-refractivity contribution in [3.8, 4) is 5.88 Å². The highest BCUT2D eigenvalue weighted by Gasteiger charge is 2.29. The summed E-state index contributed by atoms with van der Waals surface area (Å²) in [5.74, 6) is 0.459. The molecule has 1 saturated heterocycles. The number of nitrogens with zero attached hydrogens (tertiary/aromatic N) is 3. The van der Waals surface area contributed by atoms with Gasteiger partial charge in [0.1, 0.15) is 5.60 Å². The molecule has 0 aliphatic carbocycles. The van der Waals surface area contributed by atoms with Gasteiger partial charge in [0.2, 0.25) is 5.88 Å². The molecule has 0 atom stereocenters. The standard InChI is InChI=1S/C17H24N4O4/c1-17(2,3)25-16(23)20-9-7-11(8-10-20)21-12-5-6-13(24-4)18-14(12)19-15(21)22/h5-6,11H,7-10H2,1-4H3,(H,18,19,22). The van der Waals surface area contributed by atoms with Crippen LogP contribution in [0.25, 0.3) is 11.2 Å². The second-order valence-electron chi connectivity index (χ2n) is 7.22. The Bertz CT molecular complexity index is 825. The van der Waals surface area contributed by atoms with E-state index in [-0.39, 0.29) is 17.8 Å². The van der Waals surface area contributed by atoms with Gasteiger partial charge in [-0.05, 0) is 39.7 Å². The van der Waals surface area contributed by atoms with E-state index in [0.29, 0.717) is 37.5 Å². The molecule has 1 fully saturated rings. The first kappa shape index (κ1) is 17.3. The molecule has 0 bridgehead atoms. The van der Waals surface area contributed by atoms with Crippen molar-refractivity contribution >= 4 is 17.3 Å². The molecule has 1 aliphatic rings. The number of H-pyrrole nitrogens is 1. The first-order valence-electron chi connectivity index (χ1n) is 8.41. The van der Waals surface area contributed by atoms with Crippen molar-refractivity contribution in [1.29, 1.82) is 0 Å². The highest BCUT2D eigenvalue weighted by Crippen LogP contribution is 2.26. The van der Waals surface area contributed by atoms with Crippen LogP contribution in [0.5, 0.6) is 5.88 Å². The predicted octanol–water partition coefficient (Wildman–Crippen LogP) is 2.31. The summed E-state index contributed by atoms with van der Waals surface area (Å²) in [6.07, 6.45) is 1.08. The van der Waals surface area contributed by atoms with Gasteiger partial charge in [0.25, 0.3) is 0 Å². The summed E-state index contributed by atoms with van der Waals surface area (Å²) in [5.41, 5.74) is 0.568. The fourth-order valence-electron chi connectivity index (χ4n) is 3.10. The Morgan fingerprint density at radius 1 is 1.28 bits per heavy atom. The molecule has 0 radical (unpaired) electrons. The third-order valence-corrected chi connectivity index (χ3v) is 4.24. The van der Waals surface area contributed by atoms with Crippen LogP contribution in [0.4, 0.5) is 4.79 Å². The Hall–Kier alpha value is -2.51. The van der Waals surface area contributed by atoms with Crippen LogP contribution in [0.15, 0.2) is 16.9 Å². The maximum Gasteiger partial charge on any atom is 0.410 e. The van der Waals surface area contributed by atoms with Gasteiger partial charge in [0.15, 0.2) is 5.65 Å². The molecule has 2 aromatic heterocycles. The van der Waals surface area contributed by atoms with Gasteiger partial charge >= 0.3 is 11.8 Å². The lowest BCUT2D eigenvalue weighted by Gasteiger charge is -2.33. The van der Waals surface area contributed by atoms with Gasteiger partial charge in [0, 0.05) is 25.2 Å². The summed E-state index contributed by atoms with van der Waals surface area (Å²) < 4.78 is 12.2. The van der Waals surface area contributed by atoms with Crippen LogP contribution in [-0.2, 0) is 4.74 Å². The van der Waals surface area contributed by atoms with Crippen LogP contribution >= 0.6 is 0 Å². The van der Waals surface area contributed by atoms with Crippen LogP contribution in [0, 0.1) is 0 Å². The van der Waals surface area contributed by atoms with Crippen LogP contribution < -0.4 is 10.4 Å². The summed E-state index contributed by atoms with van der Waals surface area (Å²) in [6, 6.07) is 3.59. The second kappa shape index (κ2) is 6.42. The summed E-state index contributed by atoms with van der Waals surface area (Å²) in [5, 5.41) is 0. The zero-order chi connectivity index (χ0) is 18.2. The zero-order valence-electron chi connectivity index (χ0n) is 15.0. The summed E-state index contributed by atoms with van der Waals surface area (Å²) in [6.45, 7) is 6.67.